The third kappa shape index (κ3) is 10.8. The van der Waals surface area contributed by atoms with E-state index in [1.54, 1.807) is 0 Å². The molecule has 1 aliphatic carbocycles. The first kappa shape index (κ1) is 31.5. The Morgan fingerprint density at radius 1 is 0.619 bits per heavy atom. The first-order chi connectivity index (χ1) is 20.6. The van der Waals surface area contributed by atoms with E-state index in [2.05, 4.69) is 86.9 Å². The molecule has 1 nitrogen and oxygen atoms in total. The minimum Gasteiger partial charge on any atom is -0.494 e. The molecule has 1 heteroatoms. The van der Waals surface area contributed by atoms with Crippen molar-refractivity contribution in [3.63, 3.8) is 0 Å². The highest BCUT2D eigenvalue weighted by Crippen LogP contribution is 2.34. The fraction of sp³-hybridized carbons (Fsp3) is 0.463. The van der Waals surface area contributed by atoms with Crippen LogP contribution >= 0.6 is 0 Å². The average Bonchev–Trinajstić information content (AvgIpc) is 3.02. The van der Waals surface area contributed by atoms with Crippen molar-refractivity contribution in [2.45, 2.75) is 104 Å². The van der Waals surface area contributed by atoms with Crippen LogP contribution in [0.2, 0.25) is 0 Å². The summed E-state index contributed by atoms with van der Waals surface area (Å²) in [7, 11) is 0. The van der Waals surface area contributed by atoms with Crippen LogP contribution in [0.4, 0.5) is 0 Å². The second kappa shape index (κ2) is 17.5. The van der Waals surface area contributed by atoms with E-state index in [9.17, 15) is 0 Å². The fourth-order valence-electron chi connectivity index (χ4n) is 5.96. The molecule has 0 aliphatic heterocycles. The molecule has 1 saturated carbocycles. The maximum Gasteiger partial charge on any atom is 0.119 e. The highest BCUT2D eigenvalue weighted by Gasteiger charge is 2.20. The largest absolute Gasteiger partial charge is 0.494 e. The van der Waals surface area contributed by atoms with E-state index in [-0.39, 0.29) is 0 Å². The number of aryl methyl sites for hydroxylation is 2. The second-order valence-corrected chi connectivity index (χ2v) is 12.2. The summed E-state index contributed by atoms with van der Waals surface area (Å²) in [6.45, 7) is 7.39. The molecule has 0 amide bonds. The lowest BCUT2D eigenvalue weighted by Gasteiger charge is -2.28. The summed E-state index contributed by atoms with van der Waals surface area (Å²) < 4.78 is 5.81. The Morgan fingerprint density at radius 2 is 1.19 bits per heavy atom. The topological polar surface area (TPSA) is 9.23 Å². The fourth-order valence-corrected chi connectivity index (χ4v) is 5.96. The Labute approximate surface area is 256 Å². The molecule has 0 radical (unpaired) electrons. The van der Waals surface area contributed by atoms with Crippen LogP contribution in [-0.2, 0) is 6.42 Å². The van der Waals surface area contributed by atoms with Crippen molar-refractivity contribution in [2.75, 3.05) is 6.61 Å². The number of rotatable bonds is 12. The van der Waals surface area contributed by atoms with Crippen LogP contribution in [0.25, 0.3) is 0 Å². The standard InChI is InChI=1S/C41H50O/c1-4-6-8-10-34-11-13-35(14-12-34)15-16-36-17-19-37(20-18-36)21-22-39-24-28-40(33(3)32-39)27-23-38-25-29-41(30-26-38)42-31-9-7-5-2/h17-20,24-26,28-30,32,34-35H,4-16,31H2,1-3H3. The van der Waals surface area contributed by atoms with Gasteiger partial charge in [0.2, 0.25) is 0 Å². The molecule has 0 spiro atoms. The quantitative estimate of drug-likeness (QED) is 0.159. The highest BCUT2D eigenvalue weighted by atomic mass is 16.5. The van der Waals surface area contributed by atoms with Crippen LogP contribution in [-0.4, -0.2) is 6.61 Å². The van der Waals surface area contributed by atoms with Crippen LogP contribution < -0.4 is 4.74 Å². The Balaban J connectivity index is 1.23. The molecule has 3 aromatic rings. The van der Waals surface area contributed by atoms with E-state index in [0.717, 1.165) is 58.4 Å². The van der Waals surface area contributed by atoms with Crippen LogP contribution in [0, 0.1) is 42.4 Å². The molecule has 3 aromatic carbocycles. The SMILES string of the molecule is CCCCCOc1ccc(C#Cc2ccc(C#Cc3ccc(CCC4CCC(CCCCC)CC4)cc3)cc2C)cc1. The van der Waals surface area contributed by atoms with Crippen LogP contribution in [0.1, 0.15) is 124 Å². The summed E-state index contributed by atoms with van der Waals surface area (Å²) in [6, 6.07) is 23.3. The summed E-state index contributed by atoms with van der Waals surface area (Å²) in [5.41, 5.74) is 6.72. The van der Waals surface area contributed by atoms with Gasteiger partial charge >= 0.3 is 0 Å². The van der Waals surface area contributed by atoms with Crippen molar-refractivity contribution < 1.29 is 4.74 Å². The van der Waals surface area contributed by atoms with E-state index >= 15 is 0 Å². The van der Waals surface area contributed by atoms with Gasteiger partial charge in [0.25, 0.3) is 0 Å². The summed E-state index contributed by atoms with van der Waals surface area (Å²) in [6.07, 6.45) is 17.5. The third-order valence-electron chi connectivity index (χ3n) is 8.77. The molecule has 0 saturated heterocycles. The van der Waals surface area contributed by atoms with Crippen molar-refractivity contribution in [3.05, 3.63) is 100 Å². The van der Waals surface area contributed by atoms with Gasteiger partial charge in [-0.25, -0.2) is 0 Å². The van der Waals surface area contributed by atoms with Crippen LogP contribution in [0.15, 0.2) is 66.7 Å². The lowest BCUT2D eigenvalue weighted by molar-refractivity contribution is 0.249. The second-order valence-electron chi connectivity index (χ2n) is 12.2. The Morgan fingerprint density at radius 3 is 1.86 bits per heavy atom. The van der Waals surface area contributed by atoms with Gasteiger partial charge in [-0.15, -0.1) is 0 Å². The molecule has 1 fully saturated rings. The van der Waals surface area contributed by atoms with Gasteiger partial charge in [-0.3, -0.25) is 0 Å². The summed E-state index contributed by atoms with van der Waals surface area (Å²) in [5, 5.41) is 0. The molecular formula is C41H50O. The maximum atomic E-state index is 5.81. The number of hydrogen-bond donors (Lipinski definition) is 0. The van der Waals surface area contributed by atoms with E-state index in [4.69, 9.17) is 4.74 Å². The predicted octanol–water partition coefficient (Wildman–Crippen LogP) is 10.7. The van der Waals surface area contributed by atoms with Gasteiger partial charge < -0.3 is 4.74 Å². The number of benzene rings is 3. The smallest absolute Gasteiger partial charge is 0.119 e. The predicted molar refractivity (Wildman–Crippen MR) is 179 cm³/mol. The Kier molecular flexibility index (Phi) is 13.1. The van der Waals surface area contributed by atoms with Crippen molar-refractivity contribution in [1.29, 1.82) is 0 Å². The van der Waals surface area contributed by atoms with Crippen molar-refractivity contribution in [1.82, 2.24) is 0 Å². The van der Waals surface area contributed by atoms with Gasteiger partial charge in [-0.05, 0) is 104 Å². The third-order valence-corrected chi connectivity index (χ3v) is 8.77. The molecular weight excluding hydrogens is 508 g/mol. The summed E-state index contributed by atoms with van der Waals surface area (Å²) in [5.74, 6) is 16.1. The van der Waals surface area contributed by atoms with Crippen molar-refractivity contribution in [3.8, 4) is 29.4 Å². The zero-order chi connectivity index (χ0) is 29.4. The molecule has 4 rings (SSSR count). The van der Waals surface area contributed by atoms with Crippen LogP contribution in [0.3, 0.4) is 0 Å². The van der Waals surface area contributed by atoms with E-state index in [0.29, 0.717) is 0 Å². The van der Waals surface area contributed by atoms with Crippen molar-refractivity contribution in [2.24, 2.45) is 11.8 Å². The minimum atomic E-state index is 0.776. The Bertz CT molecular complexity index is 1330. The zero-order valence-corrected chi connectivity index (χ0v) is 26.3. The molecule has 0 heterocycles. The lowest BCUT2D eigenvalue weighted by Crippen LogP contribution is -2.15. The summed E-state index contributed by atoms with van der Waals surface area (Å²) >= 11 is 0. The van der Waals surface area contributed by atoms with Gasteiger partial charge in [0.15, 0.2) is 0 Å². The number of unbranched alkanes of at least 4 members (excludes halogenated alkanes) is 4. The van der Waals surface area contributed by atoms with Gasteiger partial charge in [-0.1, -0.05) is 114 Å². The van der Waals surface area contributed by atoms with E-state index in [1.807, 2.05) is 24.3 Å². The monoisotopic (exact) mass is 558 g/mol. The normalized spacial score (nSPS) is 16.2. The summed E-state index contributed by atoms with van der Waals surface area (Å²) in [4.78, 5) is 0. The molecule has 42 heavy (non-hydrogen) atoms. The van der Waals surface area contributed by atoms with Crippen LogP contribution in [0.5, 0.6) is 5.75 Å². The molecule has 1 aliphatic rings. The zero-order valence-electron chi connectivity index (χ0n) is 26.3. The number of hydrogen-bond acceptors (Lipinski definition) is 1. The lowest BCUT2D eigenvalue weighted by atomic mass is 9.78. The number of ether oxygens (including phenoxy) is 1. The first-order valence-corrected chi connectivity index (χ1v) is 16.6. The van der Waals surface area contributed by atoms with Gasteiger partial charge in [0.05, 0.1) is 6.61 Å². The minimum absolute atomic E-state index is 0.776. The average molecular weight is 559 g/mol. The highest BCUT2D eigenvalue weighted by molar-refractivity contribution is 5.51. The molecule has 0 N–H and O–H groups in total. The molecule has 0 unspecified atom stereocenters. The maximum absolute atomic E-state index is 5.81. The first-order valence-electron chi connectivity index (χ1n) is 16.6. The molecule has 0 bridgehead atoms. The van der Waals surface area contributed by atoms with Crippen molar-refractivity contribution >= 4 is 0 Å². The van der Waals surface area contributed by atoms with E-state index < -0.39 is 0 Å². The molecule has 0 aromatic heterocycles. The van der Waals surface area contributed by atoms with Gasteiger partial charge in [0.1, 0.15) is 5.75 Å². The van der Waals surface area contributed by atoms with Gasteiger partial charge in [-0.2, -0.15) is 0 Å². The van der Waals surface area contributed by atoms with E-state index in [1.165, 1.54) is 82.6 Å². The van der Waals surface area contributed by atoms with Gasteiger partial charge in [0, 0.05) is 22.3 Å². The molecule has 0 atom stereocenters. The Hall–Kier alpha value is -3.42. The molecule has 220 valence electrons.